The molecule has 1 amide bonds. The molecule has 0 spiro atoms. The maximum absolute atomic E-state index is 13.1. The van der Waals surface area contributed by atoms with Crippen LogP contribution < -0.4 is 0 Å². The third-order valence-corrected chi connectivity index (χ3v) is 6.22. The summed E-state index contributed by atoms with van der Waals surface area (Å²) >= 11 is 0. The molecule has 2 aromatic heterocycles. The van der Waals surface area contributed by atoms with Crippen molar-refractivity contribution < 1.29 is 4.79 Å². The van der Waals surface area contributed by atoms with Crippen LogP contribution in [0.3, 0.4) is 0 Å². The molecule has 2 atom stereocenters. The van der Waals surface area contributed by atoms with Gasteiger partial charge in [0.05, 0.1) is 12.0 Å². The van der Waals surface area contributed by atoms with Gasteiger partial charge in [-0.3, -0.25) is 9.69 Å². The minimum atomic E-state index is -0.0643. The highest BCUT2D eigenvalue weighted by Gasteiger charge is 2.31. The van der Waals surface area contributed by atoms with Crippen molar-refractivity contribution in [2.24, 2.45) is 13.0 Å². The fourth-order valence-corrected chi connectivity index (χ4v) is 4.51. The van der Waals surface area contributed by atoms with Crippen molar-refractivity contribution in [2.45, 2.75) is 32.9 Å². The SMILES string of the molecule is CCc1nccn1C[C@H](C)C(=O)N1CCN([C@H](c2ccccc2)c2nccn2C)CC1. The number of nitrogens with zero attached hydrogens (tertiary/aromatic N) is 6. The van der Waals surface area contributed by atoms with Gasteiger partial charge in [0.15, 0.2) is 0 Å². The lowest BCUT2D eigenvalue weighted by molar-refractivity contribution is -0.137. The van der Waals surface area contributed by atoms with Crippen LogP contribution in [0.15, 0.2) is 55.1 Å². The standard InChI is InChI=1S/C24H32N6O/c1-4-21-25-11-13-30(21)18-19(2)24(31)29-16-14-28(15-17-29)22(20-8-6-5-7-9-20)23-26-10-12-27(23)3/h5-13,19,22H,4,14-18H2,1-3H3/t19-,22+/m0/s1. The number of amides is 1. The molecule has 3 aromatic rings. The summed E-state index contributed by atoms with van der Waals surface area (Å²) < 4.78 is 4.19. The second-order valence-corrected chi connectivity index (χ2v) is 8.32. The summed E-state index contributed by atoms with van der Waals surface area (Å²) in [7, 11) is 2.04. The van der Waals surface area contributed by atoms with Gasteiger partial charge < -0.3 is 14.0 Å². The molecule has 0 unspecified atom stereocenters. The Morgan fingerprint density at radius 2 is 1.74 bits per heavy atom. The number of piperazine rings is 1. The molecule has 0 radical (unpaired) electrons. The maximum Gasteiger partial charge on any atom is 0.227 e. The van der Waals surface area contributed by atoms with Crippen molar-refractivity contribution in [3.05, 3.63) is 72.3 Å². The van der Waals surface area contributed by atoms with Crippen LogP contribution >= 0.6 is 0 Å². The number of rotatable bonds is 7. The molecule has 0 bridgehead atoms. The van der Waals surface area contributed by atoms with Gasteiger partial charge in [0.25, 0.3) is 0 Å². The van der Waals surface area contributed by atoms with Crippen LogP contribution in [-0.4, -0.2) is 61.0 Å². The summed E-state index contributed by atoms with van der Waals surface area (Å²) in [6.45, 7) is 7.93. The van der Waals surface area contributed by atoms with E-state index in [0.29, 0.717) is 6.54 Å². The van der Waals surface area contributed by atoms with E-state index in [9.17, 15) is 4.79 Å². The smallest absolute Gasteiger partial charge is 0.227 e. The lowest BCUT2D eigenvalue weighted by Gasteiger charge is -2.40. The second-order valence-electron chi connectivity index (χ2n) is 8.32. The molecule has 31 heavy (non-hydrogen) atoms. The zero-order valence-electron chi connectivity index (χ0n) is 18.7. The van der Waals surface area contributed by atoms with Gasteiger partial charge in [0, 0.05) is 71.0 Å². The van der Waals surface area contributed by atoms with Gasteiger partial charge in [-0.2, -0.15) is 0 Å². The molecule has 3 heterocycles. The third kappa shape index (κ3) is 4.56. The first-order valence-electron chi connectivity index (χ1n) is 11.1. The molecule has 1 aromatic carbocycles. The van der Waals surface area contributed by atoms with Gasteiger partial charge in [-0.1, -0.05) is 44.2 Å². The number of benzene rings is 1. The van der Waals surface area contributed by atoms with E-state index in [0.717, 1.165) is 44.2 Å². The maximum atomic E-state index is 13.1. The molecule has 7 nitrogen and oxygen atoms in total. The van der Waals surface area contributed by atoms with Gasteiger partial charge in [0.2, 0.25) is 5.91 Å². The summed E-state index contributed by atoms with van der Waals surface area (Å²) in [5, 5.41) is 0. The summed E-state index contributed by atoms with van der Waals surface area (Å²) in [4.78, 5) is 26.6. The first-order valence-corrected chi connectivity index (χ1v) is 11.1. The van der Waals surface area contributed by atoms with E-state index in [1.807, 2.05) is 49.7 Å². The minimum Gasteiger partial charge on any atom is -0.340 e. The van der Waals surface area contributed by atoms with Gasteiger partial charge in [-0.25, -0.2) is 9.97 Å². The molecule has 1 saturated heterocycles. The van der Waals surface area contributed by atoms with E-state index in [-0.39, 0.29) is 17.9 Å². The van der Waals surface area contributed by atoms with Crippen LogP contribution in [0.5, 0.6) is 0 Å². The Hall–Kier alpha value is -2.93. The summed E-state index contributed by atoms with van der Waals surface area (Å²) in [6.07, 6.45) is 8.51. The normalized spacial score (nSPS) is 16.9. The molecule has 0 aliphatic carbocycles. The Balaban J connectivity index is 1.43. The van der Waals surface area contributed by atoms with Gasteiger partial charge in [0.1, 0.15) is 11.6 Å². The number of hydrogen-bond donors (Lipinski definition) is 0. The average Bonchev–Trinajstić information content (AvgIpc) is 3.43. The minimum absolute atomic E-state index is 0.0643. The highest BCUT2D eigenvalue weighted by Crippen LogP contribution is 2.28. The number of hydrogen-bond acceptors (Lipinski definition) is 4. The zero-order chi connectivity index (χ0) is 21.8. The number of aromatic nitrogens is 4. The average molecular weight is 421 g/mol. The third-order valence-electron chi connectivity index (χ3n) is 6.22. The first-order chi connectivity index (χ1) is 15.1. The molecular weight excluding hydrogens is 388 g/mol. The fraction of sp³-hybridized carbons (Fsp3) is 0.458. The Morgan fingerprint density at radius 3 is 2.39 bits per heavy atom. The van der Waals surface area contributed by atoms with Gasteiger partial charge >= 0.3 is 0 Å². The van der Waals surface area contributed by atoms with Crippen LogP contribution in [0.2, 0.25) is 0 Å². The predicted octanol–water partition coefficient (Wildman–Crippen LogP) is 2.75. The molecule has 4 rings (SSSR count). The molecule has 1 fully saturated rings. The first kappa shape index (κ1) is 21.3. The van der Waals surface area contributed by atoms with Crippen LogP contribution in [-0.2, 0) is 24.8 Å². The molecule has 0 N–H and O–H groups in total. The lowest BCUT2D eigenvalue weighted by atomic mass is 10.0. The molecular formula is C24H32N6O. The Bertz CT molecular complexity index is 986. The lowest BCUT2D eigenvalue weighted by Crippen LogP contribution is -2.51. The summed E-state index contributed by atoms with van der Waals surface area (Å²) in [6, 6.07) is 10.6. The Kier molecular flexibility index (Phi) is 6.51. The van der Waals surface area contributed by atoms with E-state index < -0.39 is 0 Å². The summed E-state index contributed by atoms with van der Waals surface area (Å²) in [5.41, 5.74) is 1.23. The zero-order valence-corrected chi connectivity index (χ0v) is 18.7. The van der Waals surface area contributed by atoms with E-state index in [4.69, 9.17) is 0 Å². The van der Waals surface area contributed by atoms with Crippen molar-refractivity contribution in [1.82, 2.24) is 28.9 Å². The van der Waals surface area contributed by atoms with Crippen molar-refractivity contribution in [2.75, 3.05) is 26.2 Å². The van der Waals surface area contributed by atoms with Crippen LogP contribution in [0, 0.1) is 5.92 Å². The van der Waals surface area contributed by atoms with E-state index in [1.54, 1.807) is 0 Å². The van der Waals surface area contributed by atoms with E-state index in [2.05, 4.69) is 55.2 Å². The fourth-order valence-electron chi connectivity index (χ4n) is 4.51. The number of imidazole rings is 2. The Labute approximate surface area is 184 Å². The van der Waals surface area contributed by atoms with Crippen molar-refractivity contribution >= 4 is 5.91 Å². The highest BCUT2D eigenvalue weighted by atomic mass is 16.2. The topological polar surface area (TPSA) is 59.2 Å². The largest absolute Gasteiger partial charge is 0.340 e. The van der Waals surface area contributed by atoms with E-state index in [1.165, 1.54) is 5.56 Å². The molecule has 1 aliphatic rings. The monoisotopic (exact) mass is 420 g/mol. The number of carbonyl (C=O) groups is 1. The second kappa shape index (κ2) is 9.47. The molecule has 0 saturated carbocycles. The molecule has 1 aliphatic heterocycles. The Morgan fingerprint density at radius 1 is 1.03 bits per heavy atom. The van der Waals surface area contributed by atoms with Gasteiger partial charge in [-0.05, 0) is 5.56 Å². The summed E-state index contributed by atoms with van der Waals surface area (Å²) in [5.74, 6) is 2.23. The van der Waals surface area contributed by atoms with Gasteiger partial charge in [-0.15, -0.1) is 0 Å². The van der Waals surface area contributed by atoms with Crippen molar-refractivity contribution in [3.63, 3.8) is 0 Å². The highest BCUT2D eigenvalue weighted by molar-refractivity contribution is 5.78. The predicted molar refractivity (Wildman–Crippen MR) is 120 cm³/mol. The molecule has 7 heteroatoms. The molecule has 164 valence electrons. The van der Waals surface area contributed by atoms with Crippen LogP contribution in [0.25, 0.3) is 0 Å². The number of carbonyl (C=O) groups excluding carboxylic acids is 1. The van der Waals surface area contributed by atoms with Crippen molar-refractivity contribution in [1.29, 1.82) is 0 Å². The quantitative estimate of drug-likeness (QED) is 0.590. The number of aryl methyl sites for hydroxylation is 2. The van der Waals surface area contributed by atoms with Crippen LogP contribution in [0.4, 0.5) is 0 Å². The van der Waals surface area contributed by atoms with Crippen LogP contribution in [0.1, 0.15) is 37.1 Å². The van der Waals surface area contributed by atoms with E-state index >= 15 is 0 Å². The van der Waals surface area contributed by atoms with Crippen molar-refractivity contribution in [3.8, 4) is 0 Å².